The Kier molecular flexibility index (Phi) is 3.93. The average Bonchev–Trinajstić information content (AvgIpc) is 3.78. The molecule has 0 unspecified atom stereocenters. The fraction of sp³-hybridized carbons (Fsp3) is 0. The maximum atomic E-state index is 2.47. The van der Waals surface area contributed by atoms with Gasteiger partial charge in [-0.2, -0.15) is 0 Å². The summed E-state index contributed by atoms with van der Waals surface area (Å²) in [7, 11) is 0. The lowest BCUT2D eigenvalue weighted by Crippen LogP contribution is -1.95. The summed E-state index contributed by atoms with van der Waals surface area (Å²) in [5, 5.41) is 9.00. The third-order valence-corrected chi connectivity index (χ3v) is 8.96. The van der Waals surface area contributed by atoms with E-state index in [2.05, 4.69) is 153 Å². The van der Waals surface area contributed by atoms with Crippen molar-refractivity contribution in [3.05, 3.63) is 140 Å². The summed E-state index contributed by atoms with van der Waals surface area (Å²) < 4.78 is 7.34. The lowest BCUT2D eigenvalue weighted by molar-refractivity contribution is 1.18. The first-order valence-corrected chi connectivity index (χ1v) is 14.1. The van der Waals surface area contributed by atoms with Crippen LogP contribution in [0.2, 0.25) is 0 Å². The fourth-order valence-corrected chi connectivity index (χ4v) is 7.38. The van der Waals surface area contributed by atoms with Crippen molar-refractivity contribution < 1.29 is 0 Å². The van der Waals surface area contributed by atoms with Crippen molar-refractivity contribution in [3.8, 4) is 11.4 Å². The van der Waals surface area contributed by atoms with Crippen LogP contribution in [0.15, 0.2) is 140 Å². The Morgan fingerprint density at radius 3 is 1.59 bits per heavy atom. The molecule has 0 aliphatic rings. The quantitative estimate of drug-likeness (QED) is 0.215. The number of aromatic nitrogens is 3. The minimum absolute atomic E-state index is 1.18. The third-order valence-electron chi connectivity index (χ3n) is 8.96. The van der Waals surface area contributed by atoms with Gasteiger partial charge in [0.15, 0.2) is 0 Å². The Morgan fingerprint density at radius 1 is 0.366 bits per heavy atom. The van der Waals surface area contributed by atoms with Crippen LogP contribution in [-0.2, 0) is 0 Å². The van der Waals surface area contributed by atoms with Crippen molar-refractivity contribution in [2.45, 2.75) is 0 Å². The molecule has 0 radical (unpaired) electrons. The van der Waals surface area contributed by atoms with E-state index in [9.17, 15) is 0 Å². The Labute approximate surface area is 235 Å². The number of fused-ring (bicyclic) bond motifs is 11. The van der Waals surface area contributed by atoms with Gasteiger partial charge in [0.25, 0.3) is 0 Å². The van der Waals surface area contributed by atoms with Crippen LogP contribution in [0.4, 0.5) is 0 Å². The first-order valence-electron chi connectivity index (χ1n) is 14.1. The fourth-order valence-electron chi connectivity index (χ4n) is 7.38. The second-order valence-electron chi connectivity index (χ2n) is 11.0. The van der Waals surface area contributed by atoms with Gasteiger partial charge < -0.3 is 13.5 Å². The van der Waals surface area contributed by atoms with Crippen LogP contribution < -0.4 is 0 Å². The van der Waals surface area contributed by atoms with Crippen molar-refractivity contribution in [1.29, 1.82) is 0 Å². The number of nitrogens with zero attached hydrogens (tertiary/aromatic N) is 3. The smallest absolute Gasteiger partial charge is 0.0642 e. The molecule has 4 aromatic heterocycles. The molecular weight excluding hydrogens is 498 g/mol. The highest BCUT2D eigenvalue weighted by molar-refractivity contribution is 6.35. The highest BCUT2D eigenvalue weighted by Gasteiger charge is 2.25. The molecule has 190 valence electrons. The second-order valence-corrected chi connectivity index (χ2v) is 11.0. The number of rotatable bonds is 2. The van der Waals surface area contributed by atoms with Gasteiger partial charge in [-0.05, 0) is 54.6 Å². The van der Waals surface area contributed by atoms with Crippen molar-refractivity contribution in [2.24, 2.45) is 0 Å². The summed E-state index contributed by atoms with van der Waals surface area (Å²) >= 11 is 0. The molecule has 0 amide bonds. The normalized spacial score (nSPS) is 12.4. The number of hydrogen-bond acceptors (Lipinski definition) is 0. The highest BCUT2D eigenvalue weighted by atomic mass is 15.0. The molecule has 6 aromatic carbocycles. The second kappa shape index (κ2) is 7.56. The topological polar surface area (TPSA) is 14.3 Å². The van der Waals surface area contributed by atoms with Crippen molar-refractivity contribution in [2.75, 3.05) is 0 Å². The van der Waals surface area contributed by atoms with E-state index in [1.807, 2.05) is 0 Å². The molecule has 3 heteroatoms. The van der Waals surface area contributed by atoms with Crippen LogP contribution in [0.1, 0.15) is 0 Å². The molecule has 0 aliphatic carbocycles. The van der Waals surface area contributed by atoms with Crippen LogP contribution >= 0.6 is 0 Å². The van der Waals surface area contributed by atoms with E-state index < -0.39 is 0 Å². The van der Waals surface area contributed by atoms with E-state index in [0.717, 1.165) is 0 Å². The van der Waals surface area contributed by atoms with E-state index in [-0.39, 0.29) is 0 Å². The van der Waals surface area contributed by atoms with E-state index >= 15 is 0 Å². The van der Waals surface area contributed by atoms with Crippen LogP contribution in [0.5, 0.6) is 0 Å². The molecule has 0 saturated heterocycles. The van der Waals surface area contributed by atoms with Crippen LogP contribution in [0, 0.1) is 0 Å². The van der Waals surface area contributed by atoms with Gasteiger partial charge >= 0.3 is 0 Å². The molecule has 4 heterocycles. The molecule has 0 bridgehead atoms. The van der Waals surface area contributed by atoms with Gasteiger partial charge in [0, 0.05) is 55.3 Å². The number of hydrogen-bond donors (Lipinski definition) is 0. The predicted octanol–water partition coefficient (Wildman–Crippen LogP) is 9.88. The molecule has 0 saturated carbocycles. The van der Waals surface area contributed by atoms with Crippen LogP contribution in [0.3, 0.4) is 0 Å². The minimum atomic E-state index is 1.18. The van der Waals surface area contributed by atoms with Crippen molar-refractivity contribution in [1.82, 2.24) is 13.5 Å². The standard InChI is InChI=1S/C38H23N3/c1-3-11-25(12-4-1)40-31-17-9-7-15-27(31)29-19-20-33-34(37(29)40)35-36-24(21-22-39(33)36)23-30-28-16-8-10-18-32(28)41(38(30)35)26-13-5-2-6-14-26/h1-23H. The summed E-state index contributed by atoms with van der Waals surface area (Å²) in [6.45, 7) is 0. The van der Waals surface area contributed by atoms with Crippen LogP contribution in [0.25, 0.3) is 82.2 Å². The maximum Gasteiger partial charge on any atom is 0.0642 e. The van der Waals surface area contributed by atoms with Gasteiger partial charge in [-0.25, -0.2) is 0 Å². The molecule has 0 N–H and O–H groups in total. The maximum absolute atomic E-state index is 2.47. The lowest BCUT2D eigenvalue weighted by atomic mass is 10.0. The summed E-state index contributed by atoms with van der Waals surface area (Å²) in [6, 6.07) is 48.6. The van der Waals surface area contributed by atoms with E-state index in [1.165, 1.54) is 82.2 Å². The SMILES string of the molecule is c1ccc(-n2c3ccccc3c3ccc4c(c5c6c(cc7ccn4c75)c4ccccc4n6-c4ccccc4)c32)cc1. The molecule has 0 spiro atoms. The van der Waals surface area contributed by atoms with E-state index in [4.69, 9.17) is 0 Å². The Morgan fingerprint density at radius 2 is 0.927 bits per heavy atom. The van der Waals surface area contributed by atoms with Gasteiger partial charge in [0.05, 0.1) is 33.1 Å². The summed E-state index contributed by atoms with van der Waals surface area (Å²) in [5.74, 6) is 0. The Bertz CT molecular complexity index is 2610. The van der Waals surface area contributed by atoms with E-state index in [1.54, 1.807) is 0 Å². The molecular formula is C38H23N3. The summed E-state index contributed by atoms with van der Waals surface area (Å²) in [5.41, 5.74) is 9.86. The Balaban J connectivity index is 1.56. The van der Waals surface area contributed by atoms with Crippen molar-refractivity contribution >= 4 is 70.8 Å². The van der Waals surface area contributed by atoms with Crippen molar-refractivity contribution in [3.63, 3.8) is 0 Å². The minimum Gasteiger partial charge on any atom is -0.315 e. The largest absolute Gasteiger partial charge is 0.315 e. The predicted molar refractivity (Wildman–Crippen MR) is 172 cm³/mol. The molecule has 41 heavy (non-hydrogen) atoms. The zero-order valence-corrected chi connectivity index (χ0v) is 22.1. The monoisotopic (exact) mass is 521 g/mol. The molecule has 10 rings (SSSR count). The summed E-state index contributed by atoms with van der Waals surface area (Å²) in [6.07, 6.45) is 2.25. The molecule has 0 fully saturated rings. The van der Waals surface area contributed by atoms with Crippen LogP contribution in [-0.4, -0.2) is 13.5 Å². The van der Waals surface area contributed by atoms with Gasteiger partial charge in [-0.3, -0.25) is 0 Å². The molecule has 10 aromatic rings. The molecule has 0 atom stereocenters. The highest BCUT2D eigenvalue weighted by Crippen LogP contribution is 2.47. The van der Waals surface area contributed by atoms with Gasteiger partial charge in [0.2, 0.25) is 0 Å². The first-order chi connectivity index (χ1) is 20.4. The van der Waals surface area contributed by atoms with E-state index in [0.29, 0.717) is 0 Å². The summed E-state index contributed by atoms with van der Waals surface area (Å²) in [4.78, 5) is 0. The zero-order valence-electron chi connectivity index (χ0n) is 22.1. The van der Waals surface area contributed by atoms with Gasteiger partial charge in [0.1, 0.15) is 0 Å². The third kappa shape index (κ3) is 2.59. The molecule has 0 aliphatic heterocycles. The first kappa shape index (κ1) is 21.3. The number of para-hydroxylation sites is 4. The number of benzene rings is 6. The Hall–Kier alpha value is -5.54. The molecule has 3 nitrogen and oxygen atoms in total. The lowest BCUT2D eigenvalue weighted by Gasteiger charge is -2.11. The van der Waals surface area contributed by atoms with Gasteiger partial charge in [-0.1, -0.05) is 78.9 Å². The zero-order chi connectivity index (χ0) is 26.7. The van der Waals surface area contributed by atoms with Gasteiger partial charge in [-0.15, -0.1) is 0 Å². The average molecular weight is 522 g/mol.